The Morgan fingerprint density at radius 3 is 2.29 bits per heavy atom. The molecule has 38 heavy (non-hydrogen) atoms. The molecule has 0 aliphatic carbocycles. The number of rotatable bonds is 2. The van der Waals surface area contributed by atoms with Crippen molar-refractivity contribution in [2.75, 3.05) is 0 Å². The molecule has 0 atom stereocenters. The summed E-state index contributed by atoms with van der Waals surface area (Å²) in [6.45, 7) is 10.7. The molecule has 0 aliphatic heterocycles. The van der Waals surface area contributed by atoms with Crippen LogP contribution in [0, 0.1) is 26.0 Å². The number of hydrogen-bond acceptors (Lipinski definition) is 3. The summed E-state index contributed by atoms with van der Waals surface area (Å²) in [5.74, 6) is 0. The smallest absolute Gasteiger partial charge is 0.120 e. The van der Waals surface area contributed by atoms with E-state index < -0.39 is 0 Å². The second kappa shape index (κ2) is 11.4. The third-order valence-electron chi connectivity index (χ3n) is 6.30. The molecule has 0 spiro atoms. The molecule has 3 heterocycles. The first kappa shape index (κ1) is 27.4. The molecule has 0 aliphatic rings. The van der Waals surface area contributed by atoms with Crippen molar-refractivity contribution in [3.63, 3.8) is 0 Å². The molecule has 193 valence electrons. The van der Waals surface area contributed by atoms with Crippen molar-refractivity contribution in [1.82, 2.24) is 9.97 Å². The normalized spacial score (nSPS) is 11.1. The Bertz CT molecular complexity index is 1660. The van der Waals surface area contributed by atoms with Gasteiger partial charge in [0.2, 0.25) is 0 Å². The van der Waals surface area contributed by atoms with Crippen molar-refractivity contribution in [2.24, 2.45) is 0 Å². The Morgan fingerprint density at radius 2 is 1.55 bits per heavy atom. The van der Waals surface area contributed by atoms with E-state index in [4.69, 9.17) is 4.42 Å². The van der Waals surface area contributed by atoms with Crippen LogP contribution in [0.4, 0.5) is 0 Å². The molecule has 0 amide bonds. The number of para-hydroxylation sites is 1. The van der Waals surface area contributed by atoms with E-state index in [1.807, 2.05) is 67.7 Å². The molecular weight excluding hydrogens is 645 g/mol. The van der Waals surface area contributed by atoms with Crippen molar-refractivity contribution < 1.29 is 24.5 Å². The first-order chi connectivity index (χ1) is 17.8. The number of aromatic nitrogens is 2. The van der Waals surface area contributed by atoms with E-state index in [-0.39, 0.29) is 25.5 Å². The van der Waals surface area contributed by atoms with Crippen LogP contribution < -0.4 is 0 Å². The fourth-order valence-electron chi connectivity index (χ4n) is 4.45. The molecule has 6 rings (SSSR count). The van der Waals surface area contributed by atoms with E-state index in [1.54, 1.807) is 0 Å². The fraction of sp³-hybridized carbons (Fsp3) is 0.176. The van der Waals surface area contributed by atoms with Crippen LogP contribution in [-0.2, 0) is 25.5 Å². The van der Waals surface area contributed by atoms with Gasteiger partial charge in [0, 0.05) is 37.4 Å². The van der Waals surface area contributed by atoms with Gasteiger partial charge in [-0.3, -0.25) is 0 Å². The molecule has 1 radical (unpaired) electrons. The molecule has 3 aromatic heterocycles. The van der Waals surface area contributed by atoms with E-state index in [0.717, 1.165) is 50.1 Å². The van der Waals surface area contributed by atoms with Crippen LogP contribution in [0.25, 0.3) is 44.5 Å². The molecule has 0 saturated carbocycles. The molecule has 3 aromatic carbocycles. The molecule has 4 heteroatoms. The van der Waals surface area contributed by atoms with Gasteiger partial charge in [-0.1, -0.05) is 67.6 Å². The Hall–Kier alpha value is -3.59. The zero-order valence-electron chi connectivity index (χ0n) is 22.3. The van der Waals surface area contributed by atoms with E-state index >= 15 is 0 Å². The van der Waals surface area contributed by atoms with Crippen LogP contribution in [0.1, 0.15) is 37.6 Å². The van der Waals surface area contributed by atoms with Gasteiger partial charge in [-0.05, 0) is 54.4 Å². The van der Waals surface area contributed by atoms with Gasteiger partial charge in [0.15, 0.2) is 0 Å². The molecule has 0 bridgehead atoms. The van der Waals surface area contributed by atoms with E-state index in [9.17, 15) is 0 Å². The predicted molar refractivity (Wildman–Crippen MR) is 152 cm³/mol. The van der Waals surface area contributed by atoms with Gasteiger partial charge in [-0.15, -0.1) is 54.1 Å². The molecule has 0 unspecified atom stereocenters. The summed E-state index contributed by atoms with van der Waals surface area (Å²) in [6, 6.07) is 34.9. The summed E-state index contributed by atoms with van der Waals surface area (Å²) in [5.41, 5.74) is 9.30. The Morgan fingerprint density at radius 1 is 0.763 bits per heavy atom. The van der Waals surface area contributed by atoms with Gasteiger partial charge < -0.3 is 14.4 Å². The summed E-state index contributed by atoms with van der Waals surface area (Å²) in [7, 11) is 0. The number of pyridine rings is 2. The molecule has 0 fully saturated rings. The summed E-state index contributed by atoms with van der Waals surface area (Å²) in [4.78, 5) is 9.03. The van der Waals surface area contributed by atoms with E-state index in [2.05, 4.69) is 80.1 Å². The van der Waals surface area contributed by atoms with Crippen LogP contribution in [0.5, 0.6) is 0 Å². The Kier molecular flexibility index (Phi) is 8.25. The number of benzene rings is 3. The SMILES string of the molecule is CC(C)(C)c1ccnc(-c2[c-]cccc2)c1.Cc1cc(C)nc(-c2[c-]ccc3c2oc2ccccc23)c1.[Ir]. The van der Waals surface area contributed by atoms with Crippen molar-refractivity contribution >= 4 is 21.9 Å². The number of aryl methyl sites for hydroxylation is 2. The third kappa shape index (κ3) is 5.93. The van der Waals surface area contributed by atoms with Crippen molar-refractivity contribution in [1.29, 1.82) is 0 Å². The Labute approximate surface area is 238 Å². The molecular formula is C34H30IrN2O-2. The van der Waals surface area contributed by atoms with Crippen LogP contribution in [0.15, 0.2) is 95.5 Å². The summed E-state index contributed by atoms with van der Waals surface area (Å²) in [6.07, 6.45) is 1.87. The topological polar surface area (TPSA) is 38.9 Å². The monoisotopic (exact) mass is 675 g/mol. The zero-order chi connectivity index (χ0) is 26.0. The minimum atomic E-state index is 0. The number of fused-ring (bicyclic) bond motifs is 3. The fourth-order valence-corrected chi connectivity index (χ4v) is 4.45. The van der Waals surface area contributed by atoms with Crippen molar-refractivity contribution in [2.45, 2.75) is 40.0 Å². The standard InChI is InChI=1S/C19H14NO.C15H16N.Ir/c1-12-10-13(2)20-17(11-12)16-8-5-7-15-14-6-3-4-9-18(14)21-19(15)16;1-15(2,3)13-9-10-16-14(11-13)12-7-5-4-6-8-12;/h3-7,9-11H,1-2H3;4-7,9-11H,1-3H3;/q2*-1;. The number of furan rings is 1. The quantitative estimate of drug-likeness (QED) is 0.172. The maximum atomic E-state index is 6.05. The minimum absolute atomic E-state index is 0. The average Bonchev–Trinajstić information content (AvgIpc) is 3.28. The Balaban J connectivity index is 0.000000179. The van der Waals surface area contributed by atoms with Gasteiger partial charge in [-0.25, -0.2) is 0 Å². The predicted octanol–water partition coefficient (Wildman–Crippen LogP) is 8.91. The second-order valence-electron chi connectivity index (χ2n) is 10.3. The third-order valence-corrected chi connectivity index (χ3v) is 6.30. The van der Waals surface area contributed by atoms with E-state index in [1.165, 1.54) is 11.1 Å². The second-order valence-corrected chi connectivity index (χ2v) is 10.3. The van der Waals surface area contributed by atoms with Gasteiger partial charge in [0.05, 0.1) is 5.58 Å². The zero-order valence-corrected chi connectivity index (χ0v) is 24.7. The van der Waals surface area contributed by atoms with Gasteiger partial charge >= 0.3 is 0 Å². The number of hydrogen-bond donors (Lipinski definition) is 0. The average molecular weight is 675 g/mol. The molecule has 6 aromatic rings. The number of nitrogens with zero attached hydrogens (tertiary/aromatic N) is 2. The maximum Gasteiger partial charge on any atom is 0.120 e. The molecule has 3 nitrogen and oxygen atoms in total. The minimum Gasteiger partial charge on any atom is -0.501 e. The summed E-state index contributed by atoms with van der Waals surface area (Å²) < 4.78 is 6.05. The molecule has 0 saturated heterocycles. The first-order valence-corrected chi connectivity index (χ1v) is 12.5. The maximum absolute atomic E-state index is 6.05. The van der Waals surface area contributed by atoms with Crippen LogP contribution in [-0.4, -0.2) is 9.97 Å². The van der Waals surface area contributed by atoms with Crippen molar-refractivity contribution in [3.8, 4) is 22.5 Å². The first-order valence-electron chi connectivity index (χ1n) is 12.5. The molecule has 0 N–H and O–H groups in total. The van der Waals surface area contributed by atoms with Crippen LogP contribution in [0.2, 0.25) is 0 Å². The van der Waals surface area contributed by atoms with Crippen molar-refractivity contribution in [3.05, 3.63) is 120 Å². The summed E-state index contributed by atoms with van der Waals surface area (Å²) in [5, 5.41) is 2.24. The van der Waals surface area contributed by atoms with Gasteiger partial charge in [-0.2, -0.15) is 0 Å². The van der Waals surface area contributed by atoms with Crippen LogP contribution in [0.3, 0.4) is 0 Å². The van der Waals surface area contributed by atoms with E-state index in [0.29, 0.717) is 0 Å². The van der Waals surface area contributed by atoms with Gasteiger partial charge in [0.1, 0.15) is 5.58 Å². The van der Waals surface area contributed by atoms with Crippen LogP contribution >= 0.6 is 0 Å². The summed E-state index contributed by atoms with van der Waals surface area (Å²) >= 11 is 0. The largest absolute Gasteiger partial charge is 0.501 e. The van der Waals surface area contributed by atoms with Gasteiger partial charge in [0.25, 0.3) is 0 Å².